The Morgan fingerprint density at radius 1 is 1.29 bits per heavy atom. The summed E-state index contributed by atoms with van der Waals surface area (Å²) in [5, 5.41) is 2.67. The van der Waals surface area contributed by atoms with E-state index in [1.54, 1.807) is 30.5 Å². The van der Waals surface area contributed by atoms with Gasteiger partial charge in [0.15, 0.2) is 23.2 Å². The number of carbonyl (C=O) groups is 2. The molecule has 0 fully saturated rings. The first-order valence-electron chi connectivity index (χ1n) is 8.71. The quantitative estimate of drug-likeness (QED) is 0.485. The van der Waals surface area contributed by atoms with Crippen LogP contribution in [0, 0.1) is 13.8 Å². The van der Waals surface area contributed by atoms with E-state index in [0.717, 1.165) is 16.5 Å². The molecule has 1 atom stereocenters. The van der Waals surface area contributed by atoms with Crippen LogP contribution in [-0.2, 0) is 9.53 Å². The first kappa shape index (κ1) is 18.2. The van der Waals surface area contributed by atoms with Crippen LogP contribution in [0.15, 0.2) is 41.9 Å². The smallest absolute Gasteiger partial charge is 0.351 e. The van der Waals surface area contributed by atoms with Gasteiger partial charge in [-0.2, -0.15) is 0 Å². The fourth-order valence-electron chi connectivity index (χ4n) is 3.11. The van der Waals surface area contributed by atoms with Crippen LogP contribution >= 0.6 is 11.3 Å². The molecule has 0 saturated heterocycles. The number of ketones is 1. The summed E-state index contributed by atoms with van der Waals surface area (Å²) < 4.78 is 18.2. The zero-order valence-electron chi connectivity index (χ0n) is 15.4. The van der Waals surface area contributed by atoms with Crippen molar-refractivity contribution >= 4 is 23.1 Å². The largest absolute Gasteiger partial charge is 0.485 e. The number of carbonyl (C=O) groups excluding carboxylic acids is 2. The van der Waals surface area contributed by atoms with Gasteiger partial charge < -0.3 is 14.2 Å². The number of esters is 1. The van der Waals surface area contributed by atoms with Gasteiger partial charge in [0.25, 0.3) is 0 Å². The van der Waals surface area contributed by atoms with Crippen molar-refractivity contribution in [3.63, 3.8) is 0 Å². The molecule has 3 heterocycles. The number of hydrogen-bond donors (Lipinski definition) is 0. The molecule has 3 aromatic rings. The van der Waals surface area contributed by atoms with Crippen molar-refractivity contribution in [3.8, 4) is 16.6 Å². The molecular weight excluding hydrogens is 380 g/mol. The Morgan fingerprint density at radius 2 is 2.07 bits per heavy atom. The highest BCUT2D eigenvalue weighted by molar-refractivity contribution is 7.12. The van der Waals surface area contributed by atoms with Crippen molar-refractivity contribution in [3.05, 3.63) is 58.9 Å². The van der Waals surface area contributed by atoms with Crippen LogP contribution in [0.2, 0.25) is 0 Å². The highest BCUT2D eigenvalue weighted by Gasteiger charge is 2.29. The molecule has 0 unspecified atom stereocenters. The number of thiazole rings is 1. The van der Waals surface area contributed by atoms with Crippen molar-refractivity contribution in [2.24, 2.45) is 0 Å². The SMILES string of the molecule is Cc1cc(C(=O)COC(=O)[C@H]2COc3ccccc3O2)c(C)n1-c1nccs1. The van der Waals surface area contributed by atoms with Gasteiger partial charge in [-0.25, -0.2) is 9.78 Å². The molecule has 1 aliphatic heterocycles. The van der Waals surface area contributed by atoms with Gasteiger partial charge in [-0.15, -0.1) is 11.3 Å². The molecule has 0 aliphatic carbocycles. The summed E-state index contributed by atoms with van der Waals surface area (Å²) in [6, 6.07) is 8.87. The number of ether oxygens (including phenoxy) is 3. The highest BCUT2D eigenvalue weighted by Crippen LogP contribution is 2.31. The summed E-state index contributed by atoms with van der Waals surface area (Å²) in [5.41, 5.74) is 2.16. The van der Waals surface area contributed by atoms with Gasteiger partial charge >= 0.3 is 5.97 Å². The normalized spacial score (nSPS) is 15.3. The Balaban J connectivity index is 1.41. The summed E-state index contributed by atoms with van der Waals surface area (Å²) in [6.45, 7) is 3.44. The molecule has 144 valence electrons. The number of hydrogen-bond acceptors (Lipinski definition) is 7. The summed E-state index contributed by atoms with van der Waals surface area (Å²) in [7, 11) is 0. The van der Waals surface area contributed by atoms with Crippen molar-refractivity contribution in [1.29, 1.82) is 0 Å². The van der Waals surface area contributed by atoms with E-state index in [2.05, 4.69) is 4.98 Å². The molecule has 7 nitrogen and oxygen atoms in total. The third-order valence-corrected chi connectivity index (χ3v) is 5.22. The van der Waals surface area contributed by atoms with Gasteiger partial charge in [0.1, 0.15) is 6.61 Å². The number of benzene rings is 1. The van der Waals surface area contributed by atoms with Crippen molar-refractivity contribution < 1.29 is 23.8 Å². The molecule has 0 spiro atoms. The van der Waals surface area contributed by atoms with E-state index in [4.69, 9.17) is 14.2 Å². The predicted molar refractivity (Wildman–Crippen MR) is 103 cm³/mol. The zero-order chi connectivity index (χ0) is 19.7. The minimum Gasteiger partial charge on any atom is -0.485 e. The Hall–Kier alpha value is -3.13. The second kappa shape index (κ2) is 7.47. The van der Waals surface area contributed by atoms with E-state index in [0.29, 0.717) is 17.1 Å². The maximum atomic E-state index is 12.6. The third-order valence-electron chi connectivity index (χ3n) is 4.46. The number of fused-ring (bicyclic) bond motifs is 1. The van der Waals surface area contributed by atoms with Gasteiger partial charge in [-0.3, -0.25) is 9.36 Å². The fraction of sp³-hybridized carbons (Fsp3) is 0.250. The van der Waals surface area contributed by atoms with Crippen LogP contribution in [0.25, 0.3) is 5.13 Å². The first-order chi connectivity index (χ1) is 13.5. The van der Waals surface area contributed by atoms with Crippen LogP contribution in [0.1, 0.15) is 21.7 Å². The summed E-state index contributed by atoms with van der Waals surface area (Å²) in [5.74, 6) is 0.157. The number of aromatic nitrogens is 2. The van der Waals surface area contributed by atoms with Crippen LogP contribution in [0.3, 0.4) is 0 Å². The van der Waals surface area contributed by atoms with Gasteiger partial charge in [-0.1, -0.05) is 12.1 Å². The molecule has 0 radical (unpaired) electrons. The summed E-state index contributed by atoms with van der Waals surface area (Å²) >= 11 is 1.49. The molecule has 8 heteroatoms. The van der Waals surface area contributed by atoms with Crippen molar-refractivity contribution in [2.45, 2.75) is 20.0 Å². The summed E-state index contributed by atoms with van der Waals surface area (Å²) in [6.07, 6.45) is 0.817. The lowest BCUT2D eigenvalue weighted by Gasteiger charge is -2.24. The molecular formula is C20H18N2O5S. The van der Waals surface area contributed by atoms with Crippen molar-refractivity contribution in [2.75, 3.05) is 13.2 Å². The van der Waals surface area contributed by atoms with Crippen LogP contribution in [0.5, 0.6) is 11.5 Å². The van der Waals surface area contributed by atoms with Gasteiger partial charge in [0, 0.05) is 28.5 Å². The highest BCUT2D eigenvalue weighted by atomic mass is 32.1. The molecule has 1 aromatic carbocycles. The predicted octanol–water partition coefficient (Wildman–Crippen LogP) is 3.12. The minimum atomic E-state index is -0.898. The molecule has 0 saturated carbocycles. The topological polar surface area (TPSA) is 79.7 Å². The average molecular weight is 398 g/mol. The van der Waals surface area contributed by atoms with E-state index < -0.39 is 12.1 Å². The number of Topliss-reactive ketones (excluding diaryl/α,β-unsaturated/α-hetero) is 1. The number of rotatable bonds is 5. The number of nitrogens with zero attached hydrogens (tertiary/aromatic N) is 2. The number of aryl methyl sites for hydroxylation is 1. The molecule has 0 N–H and O–H groups in total. The van der Waals surface area contributed by atoms with Gasteiger partial charge in [0.2, 0.25) is 11.9 Å². The average Bonchev–Trinajstić information content (AvgIpc) is 3.33. The summed E-state index contributed by atoms with van der Waals surface area (Å²) in [4.78, 5) is 29.2. The van der Waals surface area contributed by atoms with E-state index in [1.165, 1.54) is 11.3 Å². The van der Waals surface area contributed by atoms with Crippen LogP contribution in [0.4, 0.5) is 0 Å². The second-order valence-electron chi connectivity index (χ2n) is 6.33. The third kappa shape index (κ3) is 3.38. The maximum Gasteiger partial charge on any atom is 0.351 e. The molecule has 0 bridgehead atoms. The van der Waals surface area contributed by atoms with Gasteiger partial charge in [0.05, 0.1) is 0 Å². The standard InChI is InChI=1S/C20H18N2O5S/c1-12-9-14(13(2)22(12)20-21-7-8-28-20)15(23)10-26-19(24)18-11-25-16-5-3-4-6-17(16)27-18/h3-9,18H,10-11H2,1-2H3/t18-/m1/s1. The first-order valence-corrected chi connectivity index (χ1v) is 9.59. The van der Waals surface area contributed by atoms with Crippen LogP contribution in [-0.4, -0.2) is 40.6 Å². The zero-order valence-corrected chi connectivity index (χ0v) is 16.2. The maximum absolute atomic E-state index is 12.6. The van der Waals surface area contributed by atoms with Gasteiger partial charge in [-0.05, 0) is 32.0 Å². The Morgan fingerprint density at radius 3 is 2.82 bits per heavy atom. The lowest BCUT2D eigenvalue weighted by atomic mass is 10.1. The van der Waals surface area contributed by atoms with E-state index in [-0.39, 0.29) is 19.0 Å². The Labute approximate surface area is 165 Å². The molecule has 4 rings (SSSR count). The van der Waals surface area contributed by atoms with E-state index >= 15 is 0 Å². The molecule has 1 aliphatic rings. The lowest BCUT2D eigenvalue weighted by Crippen LogP contribution is -2.38. The molecule has 0 amide bonds. The lowest BCUT2D eigenvalue weighted by molar-refractivity contribution is -0.153. The second-order valence-corrected chi connectivity index (χ2v) is 7.20. The molecule has 2 aromatic heterocycles. The van der Waals surface area contributed by atoms with E-state index in [9.17, 15) is 9.59 Å². The monoisotopic (exact) mass is 398 g/mol. The minimum absolute atomic E-state index is 0.0442. The Kier molecular flexibility index (Phi) is 4.87. The van der Waals surface area contributed by atoms with E-state index in [1.807, 2.05) is 29.9 Å². The molecule has 28 heavy (non-hydrogen) atoms. The van der Waals surface area contributed by atoms with Crippen molar-refractivity contribution in [1.82, 2.24) is 9.55 Å². The fourth-order valence-corrected chi connectivity index (χ4v) is 3.86. The van der Waals surface area contributed by atoms with Crippen LogP contribution < -0.4 is 9.47 Å². The Bertz CT molecular complexity index is 1030. The number of para-hydroxylation sites is 2.